The minimum atomic E-state index is -0.690. The first-order chi connectivity index (χ1) is 6.80. The summed E-state index contributed by atoms with van der Waals surface area (Å²) in [6.45, 7) is 3.42. The van der Waals surface area contributed by atoms with E-state index in [-0.39, 0.29) is 10.9 Å². The number of carbonyl (C=O) groups excluding carboxylic acids is 1. The van der Waals surface area contributed by atoms with Crippen LogP contribution < -0.4 is 5.32 Å². The van der Waals surface area contributed by atoms with Gasteiger partial charge in [-0.2, -0.15) is 0 Å². The Kier molecular flexibility index (Phi) is 3.73. The molecule has 1 rings (SSSR count). The predicted octanol–water partition coefficient (Wildman–Crippen LogP) is 3.59. The molecule has 1 N–H and O–H groups in total. The largest absolute Gasteiger partial charge is 0.324 e. The average Bonchev–Trinajstić information content (AvgIpc) is 2.08. The van der Waals surface area contributed by atoms with E-state index in [4.69, 9.17) is 11.6 Å². The number of anilines is 1. The molecule has 0 unspecified atom stereocenters. The summed E-state index contributed by atoms with van der Waals surface area (Å²) < 4.78 is 12.0. The van der Waals surface area contributed by atoms with Crippen molar-refractivity contribution in [3.63, 3.8) is 0 Å². The van der Waals surface area contributed by atoms with Crippen LogP contribution in [0.2, 0.25) is 5.02 Å². The summed E-state index contributed by atoms with van der Waals surface area (Å²) in [7, 11) is 0. The molecule has 0 atom stereocenters. The number of hydrogen-bond acceptors (Lipinski definition) is 1. The number of benzene rings is 1. The van der Waals surface area contributed by atoms with E-state index in [1.807, 2.05) is 0 Å². The minimum Gasteiger partial charge on any atom is -0.324 e. The Morgan fingerprint density at radius 3 is 2.60 bits per heavy atom. The second kappa shape index (κ2) is 4.49. The van der Waals surface area contributed by atoms with Crippen LogP contribution in [0.1, 0.15) is 13.8 Å². The Labute approximate surface area is 101 Å². The fourth-order valence-corrected chi connectivity index (χ4v) is 1.18. The third-order valence-corrected chi connectivity index (χ3v) is 2.39. The lowest BCUT2D eigenvalue weighted by Crippen LogP contribution is -2.31. The lowest BCUT2D eigenvalue weighted by atomic mass is 10.2. The molecule has 1 amide bonds. The normalized spacial score (nSPS) is 11.3. The molecule has 5 heteroatoms. The Balaban J connectivity index is 2.87. The fourth-order valence-electron chi connectivity index (χ4n) is 0.862. The van der Waals surface area contributed by atoms with Crippen molar-refractivity contribution in [3.05, 3.63) is 29.0 Å². The van der Waals surface area contributed by atoms with Gasteiger partial charge in [-0.3, -0.25) is 4.79 Å². The highest BCUT2D eigenvalue weighted by Gasteiger charge is 2.24. The molecule has 0 saturated heterocycles. The number of nitrogens with one attached hydrogen (secondary N) is 1. The summed E-state index contributed by atoms with van der Waals surface area (Å²) in [5.74, 6) is -0.674. The van der Waals surface area contributed by atoms with E-state index in [0.717, 1.165) is 6.07 Å². The SMILES string of the molecule is CC(C)(Br)C(=O)Nc1ccc(F)cc1Cl. The van der Waals surface area contributed by atoms with Crippen LogP contribution in [0, 0.1) is 5.82 Å². The highest BCUT2D eigenvalue weighted by molar-refractivity contribution is 9.10. The maximum Gasteiger partial charge on any atom is 0.240 e. The van der Waals surface area contributed by atoms with Gasteiger partial charge in [-0.1, -0.05) is 27.5 Å². The van der Waals surface area contributed by atoms with E-state index in [9.17, 15) is 9.18 Å². The maximum absolute atomic E-state index is 12.7. The smallest absolute Gasteiger partial charge is 0.240 e. The van der Waals surface area contributed by atoms with Gasteiger partial charge < -0.3 is 5.32 Å². The van der Waals surface area contributed by atoms with E-state index < -0.39 is 10.1 Å². The molecule has 0 spiro atoms. The van der Waals surface area contributed by atoms with Crippen molar-refractivity contribution in [1.29, 1.82) is 0 Å². The topological polar surface area (TPSA) is 29.1 Å². The van der Waals surface area contributed by atoms with Crippen molar-refractivity contribution in [2.75, 3.05) is 5.32 Å². The maximum atomic E-state index is 12.7. The number of rotatable bonds is 2. The average molecular weight is 295 g/mol. The molecule has 0 radical (unpaired) electrons. The first-order valence-electron chi connectivity index (χ1n) is 4.26. The van der Waals surface area contributed by atoms with Crippen molar-refractivity contribution in [3.8, 4) is 0 Å². The summed E-state index contributed by atoms with van der Waals surface area (Å²) in [5.41, 5.74) is 0.399. The van der Waals surface area contributed by atoms with Gasteiger partial charge in [-0.25, -0.2) is 4.39 Å². The van der Waals surface area contributed by atoms with E-state index >= 15 is 0 Å². The summed E-state index contributed by atoms with van der Waals surface area (Å²) in [6, 6.07) is 3.81. The van der Waals surface area contributed by atoms with E-state index in [0.29, 0.717) is 5.69 Å². The van der Waals surface area contributed by atoms with Gasteiger partial charge >= 0.3 is 0 Å². The van der Waals surface area contributed by atoms with Gasteiger partial charge in [0.2, 0.25) is 5.91 Å². The van der Waals surface area contributed by atoms with Gasteiger partial charge in [0.05, 0.1) is 15.0 Å². The molecule has 82 valence electrons. The molecule has 0 fully saturated rings. The van der Waals surface area contributed by atoms with Gasteiger partial charge in [0.15, 0.2) is 0 Å². The Bertz CT molecular complexity index is 389. The van der Waals surface area contributed by atoms with Crippen molar-refractivity contribution >= 4 is 39.1 Å². The standard InChI is InChI=1S/C10H10BrClFNO/c1-10(2,11)9(15)14-8-4-3-6(13)5-7(8)12/h3-5H,1-2H3,(H,14,15). The molecule has 15 heavy (non-hydrogen) atoms. The highest BCUT2D eigenvalue weighted by atomic mass is 79.9. The Morgan fingerprint density at radius 1 is 1.53 bits per heavy atom. The van der Waals surface area contributed by atoms with Gasteiger partial charge in [0.1, 0.15) is 5.82 Å². The molecule has 0 saturated carbocycles. The zero-order chi connectivity index (χ0) is 11.6. The van der Waals surface area contributed by atoms with Crippen molar-refractivity contribution in [1.82, 2.24) is 0 Å². The summed E-state index contributed by atoms with van der Waals surface area (Å²) >= 11 is 8.96. The quantitative estimate of drug-likeness (QED) is 0.830. The van der Waals surface area contributed by atoms with Gasteiger partial charge in [-0.15, -0.1) is 0 Å². The van der Waals surface area contributed by atoms with E-state index in [1.54, 1.807) is 13.8 Å². The summed E-state index contributed by atoms with van der Waals surface area (Å²) in [4.78, 5) is 11.6. The second-order valence-electron chi connectivity index (χ2n) is 3.55. The van der Waals surface area contributed by atoms with Crippen molar-refractivity contribution in [2.24, 2.45) is 0 Å². The first-order valence-corrected chi connectivity index (χ1v) is 5.43. The monoisotopic (exact) mass is 293 g/mol. The van der Waals surface area contributed by atoms with Crippen molar-refractivity contribution < 1.29 is 9.18 Å². The summed E-state index contributed by atoms with van der Waals surface area (Å²) in [5, 5.41) is 2.77. The molecule has 0 aromatic heterocycles. The van der Waals surface area contributed by atoms with E-state index in [1.165, 1.54) is 12.1 Å². The van der Waals surface area contributed by atoms with Crippen LogP contribution in [-0.2, 0) is 4.79 Å². The molecular weight excluding hydrogens is 284 g/mol. The third kappa shape index (κ3) is 3.47. The van der Waals surface area contributed by atoms with Gasteiger partial charge in [0.25, 0.3) is 0 Å². The molecule has 0 aliphatic carbocycles. The number of halogens is 3. The zero-order valence-electron chi connectivity index (χ0n) is 8.27. The molecule has 2 nitrogen and oxygen atoms in total. The zero-order valence-corrected chi connectivity index (χ0v) is 10.6. The second-order valence-corrected chi connectivity index (χ2v) is 5.94. The van der Waals surface area contributed by atoms with Crippen LogP contribution in [0.3, 0.4) is 0 Å². The molecule has 0 aliphatic heterocycles. The van der Waals surface area contributed by atoms with Crippen LogP contribution in [-0.4, -0.2) is 10.2 Å². The molecule has 1 aromatic carbocycles. The van der Waals surface area contributed by atoms with Crippen molar-refractivity contribution in [2.45, 2.75) is 18.2 Å². The molecule has 1 aromatic rings. The fraction of sp³-hybridized carbons (Fsp3) is 0.300. The number of hydrogen-bond donors (Lipinski definition) is 1. The molecule has 0 bridgehead atoms. The van der Waals surface area contributed by atoms with Crippen LogP contribution in [0.4, 0.5) is 10.1 Å². The third-order valence-electron chi connectivity index (χ3n) is 1.72. The molecule has 0 aliphatic rings. The van der Waals surface area contributed by atoms with Gasteiger partial charge in [0, 0.05) is 0 Å². The highest BCUT2D eigenvalue weighted by Crippen LogP contribution is 2.25. The van der Waals surface area contributed by atoms with Crippen LogP contribution in [0.5, 0.6) is 0 Å². The summed E-state index contributed by atoms with van der Waals surface area (Å²) in [6.07, 6.45) is 0. The lowest BCUT2D eigenvalue weighted by Gasteiger charge is -2.16. The lowest BCUT2D eigenvalue weighted by molar-refractivity contribution is -0.117. The van der Waals surface area contributed by atoms with Crippen LogP contribution in [0.15, 0.2) is 18.2 Å². The number of amides is 1. The predicted molar refractivity (Wildman–Crippen MR) is 63.0 cm³/mol. The van der Waals surface area contributed by atoms with Crippen LogP contribution >= 0.6 is 27.5 Å². The minimum absolute atomic E-state index is 0.181. The van der Waals surface area contributed by atoms with Gasteiger partial charge in [-0.05, 0) is 32.0 Å². The van der Waals surface area contributed by atoms with E-state index in [2.05, 4.69) is 21.2 Å². The van der Waals surface area contributed by atoms with Crippen LogP contribution in [0.25, 0.3) is 0 Å². The first kappa shape index (κ1) is 12.5. The number of carbonyl (C=O) groups is 1. The molecule has 0 heterocycles. The molecular formula is C10H10BrClFNO. The Morgan fingerprint density at radius 2 is 2.13 bits per heavy atom. The Hall–Kier alpha value is -0.610. The number of alkyl halides is 1.